The third kappa shape index (κ3) is 6.72. The number of nitrogens with zero attached hydrogens (tertiary/aromatic N) is 4. The highest BCUT2D eigenvalue weighted by Gasteiger charge is 2.32. The Kier molecular flexibility index (Phi) is 10.0. The molecule has 0 spiro atoms. The lowest BCUT2D eigenvalue weighted by molar-refractivity contribution is 0.391. The summed E-state index contributed by atoms with van der Waals surface area (Å²) in [6.45, 7) is 4.42. The molecule has 19 rings (SSSR count). The SMILES string of the molecule is Cc1ccc2c(oc3ccccc32)c1N(c1ccccc1)c1ccc(-c2ccc3c4cccc5c6cc7c(cc6n(c3c2)c45)c2cccc3c4ccc(C5CCC(N(c6ccccc6)c6c(C)ccc8c6oc6ccccc68)CC5)cc4n7c32)cc1. The second-order valence-electron chi connectivity index (χ2n) is 24.3. The number of furan rings is 2. The maximum atomic E-state index is 6.75. The smallest absolute Gasteiger partial charge is 0.159 e. The molecule has 1 aliphatic rings. The number of anilines is 5. The maximum Gasteiger partial charge on any atom is 0.159 e. The third-order valence-corrected chi connectivity index (χ3v) is 19.7. The summed E-state index contributed by atoms with van der Waals surface area (Å²) in [5.41, 5.74) is 23.1. The molecule has 18 aromatic rings. The minimum atomic E-state index is 0.332. The molecule has 0 radical (unpaired) electrons. The van der Waals surface area contributed by atoms with Gasteiger partial charge in [-0.3, -0.25) is 0 Å². The summed E-state index contributed by atoms with van der Waals surface area (Å²) in [6, 6.07) is 90.1. The molecular formula is C80H56N4O2. The van der Waals surface area contributed by atoms with E-state index in [-0.39, 0.29) is 0 Å². The molecule has 6 nitrogen and oxygen atoms in total. The van der Waals surface area contributed by atoms with Crippen molar-refractivity contribution in [3.8, 4) is 11.1 Å². The second-order valence-corrected chi connectivity index (χ2v) is 24.3. The Morgan fingerprint density at radius 1 is 0.337 bits per heavy atom. The molecule has 6 heteroatoms. The van der Waals surface area contributed by atoms with Gasteiger partial charge in [0.1, 0.15) is 11.2 Å². The molecule has 6 aromatic heterocycles. The largest absolute Gasteiger partial charge is 0.454 e. The van der Waals surface area contributed by atoms with E-state index in [0.29, 0.717) is 12.0 Å². The molecule has 1 aliphatic carbocycles. The van der Waals surface area contributed by atoms with Crippen LogP contribution in [0.25, 0.3) is 131 Å². The Hall–Kier alpha value is -10.6. The highest BCUT2D eigenvalue weighted by atomic mass is 16.3. The molecule has 0 N–H and O–H groups in total. The van der Waals surface area contributed by atoms with Gasteiger partial charge in [-0.15, -0.1) is 0 Å². The summed E-state index contributed by atoms with van der Waals surface area (Å²) in [5.74, 6) is 0.458. The number of para-hydroxylation sites is 6. The van der Waals surface area contributed by atoms with Crippen molar-refractivity contribution in [2.45, 2.75) is 51.5 Å². The van der Waals surface area contributed by atoms with Crippen molar-refractivity contribution in [2.24, 2.45) is 0 Å². The fraction of sp³-hybridized carbons (Fsp3) is 0.100. The van der Waals surface area contributed by atoms with Crippen molar-refractivity contribution in [3.63, 3.8) is 0 Å². The lowest BCUT2D eigenvalue weighted by atomic mass is 9.80. The number of aryl methyl sites for hydroxylation is 2. The Labute approximate surface area is 495 Å². The Morgan fingerprint density at radius 2 is 0.791 bits per heavy atom. The van der Waals surface area contributed by atoms with Crippen LogP contribution in [0.2, 0.25) is 0 Å². The molecule has 12 aromatic carbocycles. The van der Waals surface area contributed by atoms with E-state index in [4.69, 9.17) is 8.83 Å². The first-order valence-electron chi connectivity index (χ1n) is 30.4. The van der Waals surface area contributed by atoms with Crippen LogP contribution >= 0.6 is 0 Å². The van der Waals surface area contributed by atoms with Crippen molar-refractivity contribution < 1.29 is 8.83 Å². The van der Waals surface area contributed by atoms with Crippen LogP contribution in [-0.2, 0) is 0 Å². The molecule has 1 fully saturated rings. The Balaban J connectivity index is 0.697. The van der Waals surface area contributed by atoms with Crippen molar-refractivity contribution in [3.05, 3.63) is 259 Å². The van der Waals surface area contributed by atoms with Gasteiger partial charge in [0.2, 0.25) is 0 Å². The average molecular weight is 1110 g/mol. The zero-order chi connectivity index (χ0) is 56.5. The minimum absolute atomic E-state index is 0.332. The first kappa shape index (κ1) is 47.9. The van der Waals surface area contributed by atoms with E-state index < -0.39 is 0 Å². The van der Waals surface area contributed by atoms with E-state index in [9.17, 15) is 0 Å². The topological polar surface area (TPSA) is 41.6 Å². The number of rotatable bonds is 8. The van der Waals surface area contributed by atoms with Gasteiger partial charge in [0.15, 0.2) is 11.2 Å². The van der Waals surface area contributed by atoms with Crippen LogP contribution in [0.3, 0.4) is 0 Å². The summed E-state index contributed by atoms with van der Waals surface area (Å²) >= 11 is 0. The van der Waals surface area contributed by atoms with Gasteiger partial charge in [-0.2, -0.15) is 0 Å². The van der Waals surface area contributed by atoms with E-state index in [1.54, 1.807) is 0 Å². The summed E-state index contributed by atoms with van der Waals surface area (Å²) in [4.78, 5) is 4.96. The quantitative estimate of drug-likeness (QED) is 0.152. The molecule has 0 atom stereocenters. The normalized spacial score (nSPS) is 15.1. The molecule has 6 heterocycles. The van der Waals surface area contributed by atoms with Crippen molar-refractivity contribution >= 4 is 149 Å². The van der Waals surface area contributed by atoms with Gasteiger partial charge in [-0.05, 0) is 146 Å². The first-order chi connectivity index (χ1) is 42.5. The Morgan fingerprint density at radius 3 is 1.40 bits per heavy atom. The van der Waals surface area contributed by atoms with Crippen LogP contribution in [0.5, 0.6) is 0 Å². The third-order valence-electron chi connectivity index (χ3n) is 19.7. The second kappa shape index (κ2) is 18.0. The summed E-state index contributed by atoms with van der Waals surface area (Å²) in [7, 11) is 0. The molecule has 0 saturated heterocycles. The number of hydrogen-bond acceptors (Lipinski definition) is 4. The molecule has 0 bridgehead atoms. The van der Waals surface area contributed by atoms with Crippen LogP contribution in [0.1, 0.15) is 48.3 Å². The predicted molar refractivity (Wildman–Crippen MR) is 360 cm³/mol. The Bertz CT molecular complexity index is 5760. The highest BCUT2D eigenvalue weighted by molar-refractivity contribution is 6.29. The summed E-state index contributed by atoms with van der Waals surface area (Å²) < 4.78 is 18.6. The molecule has 1 saturated carbocycles. The van der Waals surface area contributed by atoms with E-state index in [0.717, 1.165) is 81.4 Å². The molecular weight excluding hydrogens is 1050 g/mol. The van der Waals surface area contributed by atoms with E-state index in [2.05, 4.69) is 269 Å². The average Bonchev–Trinajstić information content (AvgIpc) is 1.66. The minimum Gasteiger partial charge on any atom is -0.454 e. The van der Waals surface area contributed by atoms with Crippen LogP contribution in [0.4, 0.5) is 28.4 Å². The first-order valence-corrected chi connectivity index (χ1v) is 30.4. The van der Waals surface area contributed by atoms with Gasteiger partial charge in [-0.25, -0.2) is 0 Å². The number of hydrogen-bond donors (Lipinski definition) is 0. The lowest BCUT2D eigenvalue weighted by Gasteiger charge is -2.39. The lowest BCUT2D eigenvalue weighted by Crippen LogP contribution is -2.35. The highest BCUT2D eigenvalue weighted by Crippen LogP contribution is 2.50. The van der Waals surface area contributed by atoms with Gasteiger partial charge < -0.3 is 27.4 Å². The zero-order valence-electron chi connectivity index (χ0n) is 47.7. The summed E-state index contributed by atoms with van der Waals surface area (Å²) in [6.07, 6.45) is 4.39. The van der Waals surface area contributed by atoms with Crippen molar-refractivity contribution in [1.82, 2.24) is 8.80 Å². The summed E-state index contributed by atoms with van der Waals surface area (Å²) in [5, 5.41) is 14.9. The van der Waals surface area contributed by atoms with E-state index in [1.807, 2.05) is 6.07 Å². The van der Waals surface area contributed by atoms with E-state index in [1.165, 1.54) is 121 Å². The van der Waals surface area contributed by atoms with Gasteiger partial charge >= 0.3 is 0 Å². The molecule has 408 valence electrons. The number of aromatic nitrogens is 2. The monoisotopic (exact) mass is 1100 g/mol. The molecule has 0 unspecified atom stereocenters. The maximum absolute atomic E-state index is 6.75. The van der Waals surface area contributed by atoms with Crippen LogP contribution in [0.15, 0.2) is 251 Å². The number of fused-ring (bicyclic) bond motifs is 18. The fourth-order valence-electron chi connectivity index (χ4n) is 15.8. The van der Waals surface area contributed by atoms with Crippen LogP contribution < -0.4 is 9.80 Å². The fourth-order valence-corrected chi connectivity index (χ4v) is 15.8. The van der Waals surface area contributed by atoms with Crippen molar-refractivity contribution in [2.75, 3.05) is 9.80 Å². The van der Waals surface area contributed by atoms with Gasteiger partial charge in [0.25, 0.3) is 0 Å². The van der Waals surface area contributed by atoms with Gasteiger partial charge in [0.05, 0.1) is 44.5 Å². The predicted octanol–water partition coefficient (Wildman–Crippen LogP) is 22.4. The number of benzene rings is 12. The van der Waals surface area contributed by atoms with Crippen LogP contribution in [0, 0.1) is 13.8 Å². The van der Waals surface area contributed by atoms with E-state index >= 15 is 0 Å². The molecule has 86 heavy (non-hydrogen) atoms. The van der Waals surface area contributed by atoms with Crippen LogP contribution in [-0.4, -0.2) is 14.8 Å². The molecule has 0 aliphatic heterocycles. The molecule has 0 amide bonds. The van der Waals surface area contributed by atoms with Gasteiger partial charge in [0, 0.05) is 87.7 Å². The standard InChI is InChI=1S/C80H56N4O2/c1-47-27-39-65-59-19-9-11-25-73(59)85-79(65)75(47)81(53-15-5-3-6-16-53)55-35-29-49(30-36-55)51-33-41-57-61-21-13-23-63-67-46-72-68(45-71(67)83(77(61)63)69(57)43-51)64-24-14-22-62-58-42-34-52(44-70(58)84(72)78(62)64)50-31-37-56(38-32-50)82(54-17-7-4-8-18-54)76-48(2)28-40-66-60-20-10-12-26-74(60)86-80(66)76/h3-30,33-36,39-46,50,56H,31-32,37-38H2,1-2H3. The van der Waals surface area contributed by atoms with Crippen molar-refractivity contribution in [1.29, 1.82) is 0 Å². The zero-order valence-corrected chi connectivity index (χ0v) is 47.7. The van der Waals surface area contributed by atoms with Gasteiger partial charge in [-0.1, -0.05) is 170 Å².